The van der Waals surface area contributed by atoms with Crippen LogP contribution in [0.3, 0.4) is 0 Å². The van der Waals surface area contributed by atoms with E-state index >= 15 is 0 Å². The van der Waals surface area contributed by atoms with Crippen LogP contribution in [0.15, 0.2) is 41.5 Å². The maximum absolute atomic E-state index is 12.1. The molecule has 3 aliphatic rings. The molecule has 118 valence electrons. The van der Waals surface area contributed by atoms with E-state index in [0.29, 0.717) is 23.3 Å². The summed E-state index contributed by atoms with van der Waals surface area (Å²) in [4.78, 5) is 25.6. The third-order valence-electron chi connectivity index (χ3n) is 4.60. The monoisotopic (exact) mass is 311 g/mol. The Balaban J connectivity index is 1.41. The second-order valence-corrected chi connectivity index (χ2v) is 6.01. The summed E-state index contributed by atoms with van der Waals surface area (Å²) in [7, 11) is 0. The minimum absolute atomic E-state index is 0.0474. The highest BCUT2D eigenvalue weighted by Gasteiger charge is 2.38. The van der Waals surface area contributed by atoms with Crippen LogP contribution in [0.4, 0.5) is 5.69 Å². The van der Waals surface area contributed by atoms with Crippen LogP contribution < -0.4 is 15.1 Å². The van der Waals surface area contributed by atoms with Gasteiger partial charge in [-0.3, -0.25) is 14.5 Å². The number of amides is 2. The highest BCUT2D eigenvalue weighted by Crippen LogP contribution is 2.40. The zero-order valence-electron chi connectivity index (χ0n) is 12.6. The average molecular weight is 311 g/mol. The maximum atomic E-state index is 12.1. The number of anilines is 1. The number of para-hydroxylation sites is 2. The molecule has 1 heterocycles. The fraction of sp³-hybridized carbons (Fsp3) is 0.353. The van der Waals surface area contributed by atoms with Gasteiger partial charge in [0, 0.05) is 11.6 Å². The summed E-state index contributed by atoms with van der Waals surface area (Å²) in [5.41, 5.74) is 4.25. The normalized spacial score (nSPS) is 26.3. The first-order chi connectivity index (χ1) is 11.2. The number of ether oxygens (including phenoxy) is 1. The van der Waals surface area contributed by atoms with Crippen LogP contribution in [-0.4, -0.2) is 30.7 Å². The summed E-state index contributed by atoms with van der Waals surface area (Å²) >= 11 is 0. The lowest BCUT2D eigenvalue weighted by molar-refractivity contribution is -0.125. The molecule has 0 unspecified atom stereocenters. The lowest BCUT2D eigenvalue weighted by Gasteiger charge is -2.32. The van der Waals surface area contributed by atoms with Gasteiger partial charge in [-0.25, -0.2) is 5.43 Å². The SMILES string of the molecule is O=C(CN1C(=O)COc2ccccc21)N/N=C1/C[C@H]2C=CC[C@@H]12. The number of fused-ring (bicyclic) bond motifs is 2. The van der Waals surface area contributed by atoms with Gasteiger partial charge in [0.15, 0.2) is 6.61 Å². The van der Waals surface area contributed by atoms with Gasteiger partial charge < -0.3 is 4.74 Å². The van der Waals surface area contributed by atoms with Crippen LogP contribution >= 0.6 is 0 Å². The molecule has 1 fully saturated rings. The van der Waals surface area contributed by atoms with Crippen LogP contribution in [0.1, 0.15) is 12.8 Å². The fourth-order valence-electron chi connectivity index (χ4n) is 3.30. The van der Waals surface area contributed by atoms with Gasteiger partial charge in [-0.05, 0) is 30.9 Å². The number of carbonyl (C=O) groups is 2. The smallest absolute Gasteiger partial charge is 0.265 e. The Morgan fingerprint density at radius 2 is 2.26 bits per heavy atom. The van der Waals surface area contributed by atoms with E-state index in [1.165, 1.54) is 4.90 Å². The third kappa shape index (κ3) is 2.50. The van der Waals surface area contributed by atoms with Crippen LogP contribution in [0.2, 0.25) is 0 Å². The number of hydrazone groups is 1. The number of hydrogen-bond acceptors (Lipinski definition) is 4. The Hall–Kier alpha value is -2.63. The number of hydrogen-bond donors (Lipinski definition) is 1. The molecule has 6 heteroatoms. The Kier molecular flexibility index (Phi) is 3.37. The standard InChI is InChI=1S/C17H17N3O3/c21-16(19-18-13-8-11-4-3-5-12(11)13)9-20-14-6-1-2-7-15(14)23-10-17(20)22/h1-4,6-7,11-12H,5,8-10H2,(H,19,21)/b18-13-/t11-,12-/m1/s1. The molecule has 0 aromatic heterocycles. The summed E-state index contributed by atoms with van der Waals surface area (Å²) in [5, 5.41) is 4.23. The molecule has 1 aliphatic heterocycles. The number of rotatable bonds is 3. The van der Waals surface area contributed by atoms with Crippen molar-refractivity contribution in [2.45, 2.75) is 12.8 Å². The Labute approximate surface area is 133 Å². The highest BCUT2D eigenvalue weighted by molar-refractivity contribution is 6.02. The van der Waals surface area contributed by atoms with Gasteiger partial charge in [0.1, 0.15) is 12.3 Å². The van der Waals surface area contributed by atoms with Crippen LogP contribution in [0.5, 0.6) is 5.75 Å². The summed E-state index contributed by atoms with van der Waals surface area (Å²) in [5.74, 6) is 1.15. The molecule has 0 bridgehead atoms. The predicted molar refractivity (Wildman–Crippen MR) is 85.2 cm³/mol. The molecule has 1 aromatic rings. The van der Waals surface area contributed by atoms with E-state index in [1.54, 1.807) is 12.1 Å². The summed E-state index contributed by atoms with van der Waals surface area (Å²) < 4.78 is 5.36. The van der Waals surface area contributed by atoms with E-state index in [0.717, 1.165) is 18.6 Å². The van der Waals surface area contributed by atoms with E-state index in [1.807, 2.05) is 12.1 Å². The maximum Gasteiger partial charge on any atom is 0.265 e. The van der Waals surface area contributed by atoms with Crippen molar-refractivity contribution in [1.29, 1.82) is 0 Å². The van der Waals surface area contributed by atoms with Gasteiger partial charge in [-0.1, -0.05) is 24.3 Å². The first-order valence-corrected chi connectivity index (χ1v) is 7.76. The minimum atomic E-state index is -0.294. The van der Waals surface area contributed by atoms with Gasteiger partial charge in [0.25, 0.3) is 11.8 Å². The summed E-state index contributed by atoms with van der Waals surface area (Å²) in [6, 6.07) is 7.20. The molecule has 1 aromatic carbocycles. The van der Waals surface area contributed by atoms with Crippen molar-refractivity contribution >= 4 is 23.2 Å². The highest BCUT2D eigenvalue weighted by atomic mass is 16.5. The molecule has 1 N–H and O–H groups in total. The molecule has 1 saturated carbocycles. The molecule has 2 aliphatic carbocycles. The molecular weight excluding hydrogens is 294 g/mol. The van der Waals surface area contributed by atoms with Crippen molar-refractivity contribution < 1.29 is 14.3 Å². The van der Waals surface area contributed by atoms with Crippen molar-refractivity contribution in [3.8, 4) is 5.75 Å². The van der Waals surface area contributed by atoms with Crippen molar-refractivity contribution in [1.82, 2.24) is 5.43 Å². The van der Waals surface area contributed by atoms with E-state index in [-0.39, 0.29) is 25.0 Å². The number of nitrogens with one attached hydrogen (secondary N) is 1. The molecule has 0 spiro atoms. The third-order valence-corrected chi connectivity index (χ3v) is 4.60. The zero-order chi connectivity index (χ0) is 15.8. The zero-order valence-corrected chi connectivity index (χ0v) is 12.6. The predicted octanol–water partition coefficient (Wildman–Crippen LogP) is 1.48. The van der Waals surface area contributed by atoms with E-state index in [9.17, 15) is 9.59 Å². The van der Waals surface area contributed by atoms with Gasteiger partial charge in [0.05, 0.1) is 5.69 Å². The van der Waals surface area contributed by atoms with Crippen molar-refractivity contribution in [2.24, 2.45) is 16.9 Å². The lowest BCUT2D eigenvalue weighted by Crippen LogP contribution is -2.45. The Morgan fingerprint density at radius 1 is 1.39 bits per heavy atom. The molecule has 2 atom stereocenters. The summed E-state index contributed by atoms with van der Waals surface area (Å²) in [6.07, 6.45) is 6.31. The van der Waals surface area contributed by atoms with Crippen LogP contribution in [0.25, 0.3) is 0 Å². The van der Waals surface area contributed by atoms with Gasteiger partial charge >= 0.3 is 0 Å². The van der Waals surface area contributed by atoms with Crippen LogP contribution in [0, 0.1) is 11.8 Å². The number of carbonyl (C=O) groups excluding carboxylic acids is 2. The minimum Gasteiger partial charge on any atom is -0.482 e. The molecule has 2 amide bonds. The first kappa shape index (κ1) is 14.0. The average Bonchev–Trinajstić information content (AvgIpc) is 2.91. The van der Waals surface area contributed by atoms with Crippen molar-refractivity contribution in [3.05, 3.63) is 36.4 Å². The molecule has 0 saturated heterocycles. The van der Waals surface area contributed by atoms with Crippen molar-refractivity contribution in [2.75, 3.05) is 18.1 Å². The molecule has 6 nitrogen and oxygen atoms in total. The van der Waals surface area contributed by atoms with Gasteiger partial charge in [-0.2, -0.15) is 5.10 Å². The van der Waals surface area contributed by atoms with E-state index < -0.39 is 0 Å². The lowest BCUT2D eigenvalue weighted by atomic mass is 9.74. The first-order valence-electron chi connectivity index (χ1n) is 7.76. The van der Waals surface area contributed by atoms with E-state index in [2.05, 4.69) is 22.7 Å². The quantitative estimate of drug-likeness (QED) is 0.679. The Morgan fingerprint density at radius 3 is 3.13 bits per heavy atom. The molecule has 23 heavy (non-hydrogen) atoms. The van der Waals surface area contributed by atoms with Gasteiger partial charge in [0.2, 0.25) is 0 Å². The Bertz CT molecular complexity index is 726. The number of benzene rings is 1. The second kappa shape index (κ2) is 5.53. The van der Waals surface area contributed by atoms with Crippen molar-refractivity contribution in [3.63, 3.8) is 0 Å². The number of nitrogens with zero attached hydrogens (tertiary/aromatic N) is 2. The molecule has 0 radical (unpaired) electrons. The molecular formula is C17H17N3O3. The largest absolute Gasteiger partial charge is 0.482 e. The van der Waals surface area contributed by atoms with Gasteiger partial charge in [-0.15, -0.1) is 0 Å². The van der Waals surface area contributed by atoms with Crippen LogP contribution in [-0.2, 0) is 9.59 Å². The van der Waals surface area contributed by atoms with E-state index in [4.69, 9.17) is 4.74 Å². The topological polar surface area (TPSA) is 71.0 Å². The molecule has 4 rings (SSSR count). The number of allylic oxidation sites excluding steroid dienone is 2. The second-order valence-electron chi connectivity index (χ2n) is 6.01. The summed E-state index contributed by atoms with van der Waals surface area (Å²) in [6.45, 7) is -0.101. The fourth-order valence-corrected chi connectivity index (χ4v) is 3.30.